The topological polar surface area (TPSA) is 108 Å². The van der Waals surface area contributed by atoms with Crippen LogP contribution >= 0.6 is 0 Å². The normalized spacial score (nSPS) is 17.0. The van der Waals surface area contributed by atoms with E-state index in [4.69, 9.17) is 23.9 Å². The fourth-order valence-electron chi connectivity index (χ4n) is 6.18. The number of ether oxygens (including phenoxy) is 4. The second-order valence-electron chi connectivity index (χ2n) is 11.5. The van der Waals surface area contributed by atoms with E-state index in [2.05, 4.69) is 29.1 Å². The zero-order valence-corrected chi connectivity index (χ0v) is 26.1. The Morgan fingerprint density at radius 2 is 1.89 bits per heavy atom. The van der Waals surface area contributed by atoms with Gasteiger partial charge in [-0.2, -0.15) is 9.78 Å². The molecule has 2 aromatic carbocycles. The summed E-state index contributed by atoms with van der Waals surface area (Å²) in [5.74, 6) is 0.251. The van der Waals surface area contributed by atoms with Gasteiger partial charge in [-0.3, -0.25) is 0 Å². The molecule has 2 aromatic heterocycles. The maximum Gasteiger partial charge on any atom is 0.342 e. The van der Waals surface area contributed by atoms with Crippen molar-refractivity contribution in [3.8, 4) is 28.7 Å². The van der Waals surface area contributed by atoms with E-state index >= 15 is 0 Å². The molecule has 1 N–H and O–H groups in total. The number of carbonyl (C=O) groups is 1. The third-order valence-corrected chi connectivity index (χ3v) is 8.58. The number of carboxylic acid groups (broad SMARTS) is 1. The molecule has 2 aliphatic rings. The van der Waals surface area contributed by atoms with Gasteiger partial charge in [0.25, 0.3) is 0 Å². The molecule has 0 bridgehead atoms. The van der Waals surface area contributed by atoms with Crippen molar-refractivity contribution in [2.75, 3.05) is 46.1 Å². The molecule has 10 nitrogen and oxygen atoms in total. The minimum atomic E-state index is -1.11. The minimum Gasteiger partial charge on any atom is -0.488 e. The molecule has 1 fully saturated rings. The molecule has 1 saturated heterocycles. The molecule has 0 aliphatic carbocycles. The SMILES string of the molecule is CCOc1c(C(=O)O)cnn1-c1cccc(-c2cccc(C)c2OCc2ccc3c(c2C)CCN(CC2COCCO2)CC3)n1. The highest BCUT2D eigenvalue weighted by atomic mass is 16.6. The van der Waals surface area contributed by atoms with Crippen molar-refractivity contribution < 1.29 is 28.8 Å². The van der Waals surface area contributed by atoms with Crippen molar-refractivity contribution in [3.63, 3.8) is 0 Å². The highest BCUT2D eigenvalue weighted by Crippen LogP contribution is 2.34. The Morgan fingerprint density at radius 1 is 1.04 bits per heavy atom. The molecular formula is C35H40N4O6. The van der Waals surface area contributed by atoms with Crippen molar-refractivity contribution in [2.24, 2.45) is 0 Å². The monoisotopic (exact) mass is 612 g/mol. The highest BCUT2D eigenvalue weighted by Gasteiger charge is 2.23. The van der Waals surface area contributed by atoms with Crippen LogP contribution in [0.3, 0.4) is 0 Å². The van der Waals surface area contributed by atoms with Gasteiger partial charge in [0.15, 0.2) is 5.82 Å². The Morgan fingerprint density at radius 3 is 2.69 bits per heavy atom. The van der Waals surface area contributed by atoms with Gasteiger partial charge in [-0.05, 0) is 79.6 Å². The van der Waals surface area contributed by atoms with E-state index in [1.54, 1.807) is 13.0 Å². The van der Waals surface area contributed by atoms with Crippen LogP contribution in [0.2, 0.25) is 0 Å². The molecule has 2 aliphatic heterocycles. The minimum absolute atomic E-state index is 0.0136. The molecule has 0 amide bonds. The lowest BCUT2D eigenvalue weighted by Gasteiger charge is -2.29. The predicted molar refractivity (Wildman–Crippen MR) is 170 cm³/mol. The second-order valence-corrected chi connectivity index (χ2v) is 11.5. The lowest BCUT2D eigenvalue weighted by atomic mass is 9.94. The number of para-hydroxylation sites is 1. The number of nitrogens with zero attached hydrogens (tertiary/aromatic N) is 4. The smallest absolute Gasteiger partial charge is 0.342 e. The van der Waals surface area contributed by atoms with Gasteiger partial charge in [0.2, 0.25) is 5.88 Å². The first-order valence-electron chi connectivity index (χ1n) is 15.6. The number of benzene rings is 2. The van der Waals surface area contributed by atoms with E-state index in [1.807, 2.05) is 37.3 Å². The molecule has 0 spiro atoms. The van der Waals surface area contributed by atoms with E-state index in [0.29, 0.717) is 44.5 Å². The molecule has 236 valence electrons. The largest absolute Gasteiger partial charge is 0.488 e. The first-order chi connectivity index (χ1) is 21.9. The average molecular weight is 613 g/mol. The molecular weight excluding hydrogens is 572 g/mol. The fourth-order valence-corrected chi connectivity index (χ4v) is 6.18. The van der Waals surface area contributed by atoms with Crippen LogP contribution in [0.5, 0.6) is 11.6 Å². The molecule has 1 atom stereocenters. The van der Waals surface area contributed by atoms with Gasteiger partial charge in [0.1, 0.15) is 17.9 Å². The maximum atomic E-state index is 11.7. The van der Waals surface area contributed by atoms with Crippen molar-refractivity contribution in [3.05, 3.63) is 88.1 Å². The van der Waals surface area contributed by atoms with Gasteiger partial charge in [-0.1, -0.05) is 30.3 Å². The summed E-state index contributed by atoms with van der Waals surface area (Å²) >= 11 is 0. The molecule has 10 heteroatoms. The van der Waals surface area contributed by atoms with Crippen LogP contribution in [-0.4, -0.2) is 82.9 Å². The first-order valence-corrected chi connectivity index (χ1v) is 15.6. The maximum absolute atomic E-state index is 11.7. The summed E-state index contributed by atoms with van der Waals surface area (Å²) in [6.45, 7) is 11.7. The average Bonchev–Trinajstić information content (AvgIpc) is 3.36. The number of aryl methyl sites for hydroxylation is 1. The summed E-state index contributed by atoms with van der Waals surface area (Å²) in [7, 11) is 0. The van der Waals surface area contributed by atoms with Crippen LogP contribution in [0.4, 0.5) is 0 Å². The van der Waals surface area contributed by atoms with Crippen LogP contribution in [0.25, 0.3) is 17.1 Å². The Kier molecular flexibility index (Phi) is 9.44. The number of aromatic carboxylic acids is 1. The van der Waals surface area contributed by atoms with E-state index in [0.717, 1.165) is 49.4 Å². The van der Waals surface area contributed by atoms with E-state index in [1.165, 1.54) is 33.1 Å². The summed E-state index contributed by atoms with van der Waals surface area (Å²) in [4.78, 5) is 19.1. The lowest BCUT2D eigenvalue weighted by molar-refractivity contribution is -0.0972. The Balaban J connectivity index is 1.21. The van der Waals surface area contributed by atoms with Gasteiger partial charge in [0.05, 0.1) is 44.4 Å². The molecule has 4 heterocycles. The van der Waals surface area contributed by atoms with Gasteiger partial charge < -0.3 is 29.0 Å². The third kappa shape index (κ3) is 6.73. The molecule has 0 radical (unpaired) electrons. The van der Waals surface area contributed by atoms with Crippen molar-refractivity contribution in [1.82, 2.24) is 19.7 Å². The predicted octanol–water partition coefficient (Wildman–Crippen LogP) is 5.04. The van der Waals surface area contributed by atoms with Crippen LogP contribution < -0.4 is 9.47 Å². The second kappa shape index (κ2) is 13.8. The summed E-state index contributed by atoms with van der Waals surface area (Å²) < 4.78 is 25.1. The van der Waals surface area contributed by atoms with Crippen molar-refractivity contribution in [2.45, 2.75) is 46.3 Å². The van der Waals surface area contributed by atoms with Crippen LogP contribution in [0.1, 0.15) is 45.1 Å². The van der Waals surface area contributed by atoms with Crippen molar-refractivity contribution >= 4 is 5.97 Å². The Bertz CT molecular complexity index is 1660. The van der Waals surface area contributed by atoms with Gasteiger partial charge >= 0.3 is 5.97 Å². The summed E-state index contributed by atoms with van der Waals surface area (Å²) in [5.41, 5.74) is 7.81. The van der Waals surface area contributed by atoms with Crippen molar-refractivity contribution in [1.29, 1.82) is 0 Å². The van der Waals surface area contributed by atoms with E-state index in [-0.39, 0.29) is 17.5 Å². The van der Waals surface area contributed by atoms with Gasteiger partial charge in [-0.15, -0.1) is 0 Å². The summed E-state index contributed by atoms with van der Waals surface area (Å²) in [5, 5.41) is 13.9. The first kappa shape index (κ1) is 30.8. The van der Waals surface area contributed by atoms with Crippen LogP contribution in [0.15, 0.2) is 54.7 Å². The number of pyridine rings is 1. The number of fused-ring (bicyclic) bond motifs is 1. The van der Waals surface area contributed by atoms with E-state index in [9.17, 15) is 9.90 Å². The number of aromatic nitrogens is 3. The zero-order chi connectivity index (χ0) is 31.3. The lowest BCUT2D eigenvalue weighted by Crippen LogP contribution is -2.41. The molecule has 45 heavy (non-hydrogen) atoms. The molecule has 4 aromatic rings. The van der Waals surface area contributed by atoms with Crippen LogP contribution in [-0.2, 0) is 28.9 Å². The third-order valence-electron chi connectivity index (χ3n) is 8.58. The molecule has 1 unspecified atom stereocenters. The summed E-state index contributed by atoms with van der Waals surface area (Å²) in [6.07, 6.45) is 3.44. The Hall–Kier alpha value is -4.25. The Labute approximate surface area is 263 Å². The molecule has 0 saturated carbocycles. The zero-order valence-electron chi connectivity index (χ0n) is 26.1. The number of hydrogen-bond acceptors (Lipinski definition) is 8. The summed E-state index contributed by atoms with van der Waals surface area (Å²) in [6, 6.07) is 16.0. The number of rotatable bonds is 10. The van der Waals surface area contributed by atoms with E-state index < -0.39 is 5.97 Å². The van der Waals surface area contributed by atoms with Crippen LogP contribution in [0, 0.1) is 13.8 Å². The standard InChI is InChI=1S/C35H40N4O6/c1-4-43-34-30(35(40)41)19-36-39(34)32-10-6-9-31(37-32)29-8-5-7-23(2)33(29)45-21-26-12-11-25-13-15-38(16-14-28(25)24(26)3)20-27-22-42-17-18-44-27/h5-12,19,27H,4,13-18,20-22H2,1-3H3,(H,40,41). The van der Waals surface area contributed by atoms with Gasteiger partial charge in [-0.25, -0.2) is 9.78 Å². The number of carboxylic acids is 1. The number of hydrogen-bond donors (Lipinski definition) is 1. The fraction of sp³-hybridized carbons (Fsp3) is 0.400. The highest BCUT2D eigenvalue weighted by molar-refractivity contribution is 5.90. The quantitative estimate of drug-likeness (QED) is 0.263. The van der Waals surface area contributed by atoms with Gasteiger partial charge in [0, 0.05) is 25.2 Å². The molecule has 6 rings (SSSR count).